The fourth-order valence-corrected chi connectivity index (χ4v) is 4.40. The molecule has 1 heterocycles. The van der Waals surface area contributed by atoms with Crippen molar-refractivity contribution in [2.75, 3.05) is 0 Å². The van der Waals surface area contributed by atoms with Gasteiger partial charge in [-0.3, -0.25) is 4.79 Å². The number of nitrogens with zero attached hydrogens (tertiary/aromatic N) is 1. The second-order valence-corrected chi connectivity index (χ2v) is 9.46. The van der Waals surface area contributed by atoms with Crippen LogP contribution in [0.3, 0.4) is 0 Å². The molecule has 1 atom stereocenters. The van der Waals surface area contributed by atoms with E-state index in [1.165, 1.54) is 0 Å². The van der Waals surface area contributed by atoms with Crippen LogP contribution >= 0.6 is 0 Å². The zero-order valence-electron chi connectivity index (χ0n) is 21.3. The summed E-state index contributed by atoms with van der Waals surface area (Å²) >= 11 is 0. The summed E-state index contributed by atoms with van der Waals surface area (Å²) in [6, 6.07) is 20.4. The molecular weight excluding hydrogens is 452 g/mol. The third-order valence-electron chi connectivity index (χ3n) is 6.54. The van der Waals surface area contributed by atoms with Gasteiger partial charge in [0, 0.05) is 28.7 Å². The van der Waals surface area contributed by atoms with Gasteiger partial charge in [-0.1, -0.05) is 24.3 Å². The van der Waals surface area contributed by atoms with Crippen LogP contribution < -0.4 is 10.1 Å². The minimum Gasteiger partial charge on any atom is -0.491 e. The number of carboxylic acid groups (broad SMARTS) is 1. The van der Waals surface area contributed by atoms with E-state index in [0.717, 1.165) is 39.0 Å². The number of amides is 1. The van der Waals surface area contributed by atoms with E-state index in [1.807, 2.05) is 75.4 Å². The molecule has 0 unspecified atom stereocenters. The van der Waals surface area contributed by atoms with E-state index in [4.69, 9.17) is 9.84 Å². The predicted octanol–water partition coefficient (Wildman–Crippen LogP) is 6.28. The number of carboxylic acids is 1. The van der Waals surface area contributed by atoms with Crippen molar-refractivity contribution in [3.05, 3.63) is 100 Å². The zero-order valence-corrected chi connectivity index (χ0v) is 21.3. The Morgan fingerprint density at radius 1 is 0.917 bits per heavy atom. The Bertz CT molecular complexity index is 1400. The van der Waals surface area contributed by atoms with Crippen molar-refractivity contribution in [1.29, 1.82) is 0 Å². The molecule has 0 fully saturated rings. The van der Waals surface area contributed by atoms with Gasteiger partial charge in [-0.25, -0.2) is 4.79 Å². The molecule has 186 valence electrons. The Morgan fingerprint density at radius 3 is 2.17 bits per heavy atom. The maximum absolute atomic E-state index is 13.1. The molecule has 1 aromatic heterocycles. The lowest BCUT2D eigenvalue weighted by Gasteiger charge is -2.16. The summed E-state index contributed by atoms with van der Waals surface area (Å²) in [6.07, 6.45) is 0.113. The van der Waals surface area contributed by atoms with Crippen LogP contribution in [0.2, 0.25) is 0 Å². The smallest absolute Gasteiger partial charge is 0.335 e. The van der Waals surface area contributed by atoms with Crippen LogP contribution in [-0.4, -0.2) is 27.7 Å². The van der Waals surface area contributed by atoms with E-state index in [2.05, 4.69) is 23.7 Å². The molecule has 0 aliphatic rings. The van der Waals surface area contributed by atoms with E-state index >= 15 is 0 Å². The lowest BCUT2D eigenvalue weighted by molar-refractivity contribution is 0.0696. The summed E-state index contributed by atoms with van der Waals surface area (Å²) in [5.41, 5.74) is 6.18. The number of aromatic nitrogens is 1. The van der Waals surface area contributed by atoms with Gasteiger partial charge in [0.1, 0.15) is 5.75 Å². The highest BCUT2D eigenvalue weighted by atomic mass is 16.5. The first kappa shape index (κ1) is 25.0. The molecular formula is C30H32N2O4. The number of hydrogen-bond acceptors (Lipinski definition) is 3. The number of carbonyl (C=O) groups excluding carboxylic acids is 1. The quantitative estimate of drug-likeness (QED) is 0.308. The molecule has 0 bridgehead atoms. The maximum Gasteiger partial charge on any atom is 0.335 e. The molecule has 4 aromatic rings. The highest BCUT2D eigenvalue weighted by Crippen LogP contribution is 2.28. The van der Waals surface area contributed by atoms with Gasteiger partial charge in [0.05, 0.1) is 17.7 Å². The molecule has 0 spiro atoms. The Labute approximate surface area is 211 Å². The van der Waals surface area contributed by atoms with E-state index in [9.17, 15) is 9.59 Å². The molecule has 4 rings (SSSR count). The van der Waals surface area contributed by atoms with Gasteiger partial charge in [-0.15, -0.1) is 0 Å². The minimum atomic E-state index is -0.933. The third-order valence-corrected chi connectivity index (χ3v) is 6.54. The van der Waals surface area contributed by atoms with Crippen LogP contribution in [-0.2, 0) is 6.54 Å². The van der Waals surface area contributed by atoms with Crippen molar-refractivity contribution in [2.45, 2.75) is 53.3 Å². The fraction of sp³-hybridized carbons (Fsp3) is 0.267. The summed E-state index contributed by atoms with van der Waals surface area (Å²) in [5, 5.41) is 13.3. The number of carbonyl (C=O) groups is 2. The van der Waals surface area contributed by atoms with Crippen molar-refractivity contribution < 1.29 is 19.4 Å². The second-order valence-electron chi connectivity index (χ2n) is 9.46. The van der Waals surface area contributed by atoms with Crippen molar-refractivity contribution in [1.82, 2.24) is 9.88 Å². The molecule has 2 N–H and O–H groups in total. The normalized spacial score (nSPS) is 12.1. The lowest BCUT2D eigenvalue weighted by atomic mass is 10.1. The Morgan fingerprint density at radius 2 is 1.56 bits per heavy atom. The molecule has 0 aliphatic carbocycles. The average molecular weight is 485 g/mol. The number of rotatable bonds is 8. The number of aryl methyl sites for hydroxylation is 1. The number of nitrogens with one attached hydrogen (secondary N) is 1. The summed E-state index contributed by atoms with van der Waals surface area (Å²) in [4.78, 5) is 24.2. The van der Waals surface area contributed by atoms with Gasteiger partial charge in [0.15, 0.2) is 0 Å². The number of aromatic carboxylic acids is 1. The van der Waals surface area contributed by atoms with E-state index in [1.54, 1.807) is 12.1 Å². The molecule has 0 radical (unpaired) electrons. The summed E-state index contributed by atoms with van der Waals surface area (Å²) in [6.45, 7) is 10.7. The molecule has 36 heavy (non-hydrogen) atoms. The van der Waals surface area contributed by atoms with Gasteiger partial charge in [0.25, 0.3) is 5.91 Å². The van der Waals surface area contributed by atoms with Crippen molar-refractivity contribution in [3.63, 3.8) is 0 Å². The van der Waals surface area contributed by atoms with Crippen LogP contribution in [0, 0.1) is 13.8 Å². The summed E-state index contributed by atoms with van der Waals surface area (Å²) < 4.78 is 7.90. The van der Waals surface area contributed by atoms with E-state index < -0.39 is 5.97 Å². The van der Waals surface area contributed by atoms with Gasteiger partial charge in [-0.05, 0) is 93.8 Å². The Hall–Kier alpha value is -4.06. The summed E-state index contributed by atoms with van der Waals surface area (Å²) in [5.74, 6) is -0.246. The van der Waals surface area contributed by atoms with Crippen LogP contribution in [0.5, 0.6) is 5.75 Å². The van der Waals surface area contributed by atoms with Gasteiger partial charge < -0.3 is 19.7 Å². The first-order chi connectivity index (χ1) is 17.1. The van der Waals surface area contributed by atoms with E-state index in [-0.39, 0.29) is 23.6 Å². The predicted molar refractivity (Wildman–Crippen MR) is 142 cm³/mol. The van der Waals surface area contributed by atoms with Gasteiger partial charge >= 0.3 is 5.97 Å². The molecule has 6 nitrogen and oxygen atoms in total. The van der Waals surface area contributed by atoms with Gasteiger partial charge in [-0.2, -0.15) is 0 Å². The van der Waals surface area contributed by atoms with Crippen LogP contribution in [0.1, 0.15) is 69.9 Å². The lowest BCUT2D eigenvalue weighted by Crippen LogP contribution is -2.26. The molecule has 0 saturated carbocycles. The highest BCUT2D eigenvalue weighted by molar-refractivity contribution is 5.99. The standard InChI is InChI=1S/C30H32N2O4/c1-18(2)36-26-13-10-23(11-14-26)20(4)31-29(33)25-12-15-28-27(16-25)19(3)21(5)32(28)17-22-6-8-24(9-7-22)30(34)35/h6-16,18,20H,17H2,1-5H3,(H,31,33)(H,34,35)/t20-/m0/s1. The highest BCUT2D eigenvalue weighted by Gasteiger charge is 2.16. The molecule has 3 aromatic carbocycles. The Kier molecular flexibility index (Phi) is 7.15. The van der Waals surface area contributed by atoms with Crippen molar-refractivity contribution >= 4 is 22.8 Å². The third kappa shape index (κ3) is 5.28. The topological polar surface area (TPSA) is 80.6 Å². The van der Waals surface area contributed by atoms with Crippen molar-refractivity contribution in [2.24, 2.45) is 0 Å². The second kappa shape index (κ2) is 10.3. The minimum absolute atomic E-state index is 0.113. The zero-order chi connectivity index (χ0) is 26.0. The SMILES string of the molecule is Cc1c(C)n(Cc2ccc(C(=O)O)cc2)c2ccc(C(=O)N[C@@H](C)c3ccc(OC(C)C)cc3)cc12. The van der Waals surface area contributed by atoms with E-state index in [0.29, 0.717) is 12.1 Å². The molecule has 0 aliphatic heterocycles. The number of hydrogen-bond donors (Lipinski definition) is 2. The number of fused-ring (bicyclic) bond motifs is 1. The average Bonchev–Trinajstić information content (AvgIpc) is 3.08. The van der Waals surface area contributed by atoms with Crippen LogP contribution in [0.15, 0.2) is 66.7 Å². The molecule has 1 amide bonds. The molecule has 0 saturated heterocycles. The van der Waals surface area contributed by atoms with Crippen molar-refractivity contribution in [3.8, 4) is 5.75 Å². The van der Waals surface area contributed by atoms with Crippen LogP contribution in [0.25, 0.3) is 10.9 Å². The number of ether oxygens (including phenoxy) is 1. The maximum atomic E-state index is 13.1. The largest absolute Gasteiger partial charge is 0.491 e. The van der Waals surface area contributed by atoms with Gasteiger partial charge in [0.2, 0.25) is 0 Å². The number of benzene rings is 3. The fourth-order valence-electron chi connectivity index (χ4n) is 4.40. The summed E-state index contributed by atoms with van der Waals surface area (Å²) in [7, 11) is 0. The first-order valence-corrected chi connectivity index (χ1v) is 12.1. The Balaban J connectivity index is 1.53. The monoisotopic (exact) mass is 484 g/mol. The first-order valence-electron chi connectivity index (χ1n) is 12.1. The molecule has 6 heteroatoms. The van der Waals surface area contributed by atoms with Crippen LogP contribution in [0.4, 0.5) is 0 Å².